The van der Waals surface area contributed by atoms with E-state index in [-0.39, 0.29) is 41.2 Å². The molecule has 4 aromatic rings. The summed E-state index contributed by atoms with van der Waals surface area (Å²) < 4.78 is 35.2. The van der Waals surface area contributed by atoms with E-state index < -0.39 is 10.0 Å². The molecule has 5 rings (SSSR count). The highest BCUT2D eigenvalue weighted by Gasteiger charge is 2.31. The first-order valence-electron chi connectivity index (χ1n) is 14.7. The summed E-state index contributed by atoms with van der Waals surface area (Å²) in [5.74, 6) is 0.362. The Bertz CT molecular complexity index is 1640. The van der Waals surface area contributed by atoms with Crippen LogP contribution in [0.1, 0.15) is 25.0 Å². The molecule has 2 heterocycles. The summed E-state index contributed by atoms with van der Waals surface area (Å²) in [6.07, 6.45) is -0.243. The Morgan fingerprint density at radius 1 is 1.05 bits per heavy atom. The summed E-state index contributed by atoms with van der Waals surface area (Å²) in [5.41, 5.74) is 4.47. The molecule has 1 aromatic heterocycles. The molecule has 8 nitrogen and oxygen atoms in total. The van der Waals surface area contributed by atoms with E-state index in [1.54, 1.807) is 40.6 Å². The highest BCUT2D eigenvalue weighted by atomic mass is 32.2. The Hall–Kier alpha value is -3.70. The van der Waals surface area contributed by atoms with Crippen molar-refractivity contribution in [2.24, 2.45) is 5.92 Å². The van der Waals surface area contributed by atoms with Gasteiger partial charge in [0.05, 0.1) is 19.1 Å². The third-order valence-corrected chi connectivity index (χ3v) is 10.7. The number of aliphatic hydroxyl groups is 1. The Morgan fingerprint density at radius 2 is 1.77 bits per heavy atom. The minimum absolute atomic E-state index is 0.0251. The molecule has 44 heavy (non-hydrogen) atoms. The van der Waals surface area contributed by atoms with Crippen molar-refractivity contribution in [2.45, 2.75) is 43.2 Å². The van der Waals surface area contributed by atoms with Gasteiger partial charge in [-0.15, -0.1) is 11.3 Å². The van der Waals surface area contributed by atoms with Gasteiger partial charge >= 0.3 is 0 Å². The first-order valence-corrected chi connectivity index (χ1v) is 17.1. The van der Waals surface area contributed by atoms with E-state index in [4.69, 9.17) is 4.74 Å². The van der Waals surface area contributed by atoms with Crippen LogP contribution in [0.4, 0.5) is 5.69 Å². The molecular formula is C34H39N3O5S2. The summed E-state index contributed by atoms with van der Waals surface area (Å²) in [7, 11) is -1.70. The zero-order chi connectivity index (χ0) is 31.3. The molecule has 0 radical (unpaired) electrons. The van der Waals surface area contributed by atoms with Crippen LogP contribution in [-0.2, 0) is 27.8 Å². The second kappa shape index (κ2) is 13.9. The van der Waals surface area contributed by atoms with Crippen molar-refractivity contribution in [1.29, 1.82) is 0 Å². The van der Waals surface area contributed by atoms with Crippen LogP contribution in [0.2, 0.25) is 0 Å². The van der Waals surface area contributed by atoms with E-state index >= 15 is 0 Å². The minimum atomic E-state index is -3.75. The minimum Gasteiger partial charge on any atom is -0.488 e. The molecule has 0 spiro atoms. The second-order valence-corrected chi connectivity index (χ2v) is 14.4. The van der Waals surface area contributed by atoms with Crippen molar-refractivity contribution in [3.05, 3.63) is 101 Å². The SMILES string of the molecule is C[C@@H]1CN([C@H](C)CO)C(=O)Cc2cc(NS(=O)(=O)c3cccs3)ccc2O[C@H]1CN(C)Cc1ccc(-c2ccccc2)cc1. The Balaban J connectivity index is 1.37. The zero-order valence-electron chi connectivity index (χ0n) is 25.2. The van der Waals surface area contributed by atoms with Gasteiger partial charge in [0.25, 0.3) is 10.0 Å². The van der Waals surface area contributed by atoms with Crippen molar-refractivity contribution < 1.29 is 23.1 Å². The number of thiophene rings is 1. The number of nitrogens with zero attached hydrogens (tertiary/aromatic N) is 2. The number of ether oxygens (including phenoxy) is 1. The van der Waals surface area contributed by atoms with Crippen molar-refractivity contribution in [3.63, 3.8) is 0 Å². The number of carbonyl (C=O) groups excluding carboxylic acids is 1. The fraction of sp³-hybridized carbons (Fsp3) is 0.324. The predicted octanol–water partition coefficient (Wildman–Crippen LogP) is 5.50. The molecule has 1 aliphatic heterocycles. The quantitative estimate of drug-likeness (QED) is 0.240. The van der Waals surface area contributed by atoms with Crippen molar-refractivity contribution >= 4 is 33.0 Å². The third-order valence-electron chi connectivity index (χ3n) is 7.93. The monoisotopic (exact) mass is 633 g/mol. The van der Waals surface area contributed by atoms with Gasteiger partial charge in [0.2, 0.25) is 5.91 Å². The van der Waals surface area contributed by atoms with Gasteiger partial charge in [-0.05, 0) is 60.3 Å². The van der Waals surface area contributed by atoms with E-state index in [9.17, 15) is 18.3 Å². The lowest BCUT2D eigenvalue weighted by Crippen LogP contribution is -2.47. The lowest BCUT2D eigenvalue weighted by molar-refractivity contribution is -0.134. The number of aliphatic hydroxyl groups excluding tert-OH is 1. The van der Waals surface area contributed by atoms with Gasteiger partial charge in [-0.25, -0.2) is 8.42 Å². The van der Waals surface area contributed by atoms with Crippen LogP contribution in [0.5, 0.6) is 5.75 Å². The summed E-state index contributed by atoms with van der Waals surface area (Å²) in [6, 6.07) is 26.8. The molecule has 2 N–H and O–H groups in total. The molecule has 3 aromatic carbocycles. The van der Waals surface area contributed by atoms with Crippen molar-refractivity contribution in [1.82, 2.24) is 9.80 Å². The number of likely N-dealkylation sites (N-methyl/N-ethyl adjacent to an activating group) is 1. The van der Waals surface area contributed by atoms with Gasteiger partial charge in [-0.1, -0.05) is 67.6 Å². The first kappa shape index (κ1) is 31.7. The average molecular weight is 634 g/mol. The lowest BCUT2D eigenvalue weighted by Gasteiger charge is -2.34. The number of fused-ring (bicyclic) bond motifs is 1. The smallest absolute Gasteiger partial charge is 0.271 e. The number of sulfonamides is 1. The maximum Gasteiger partial charge on any atom is 0.271 e. The Labute approximate surface area is 264 Å². The number of rotatable bonds is 10. The average Bonchev–Trinajstić information content (AvgIpc) is 3.58. The highest BCUT2D eigenvalue weighted by Crippen LogP contribution is 2.31. The van der Waals surface area contributed by atoms with E-state index in [2.05, 4.69) is 60.0 Å². The number of nitrogens with one attached hydrogen (secondary N) is 1. The molecule has 10 heteroatoms. The van der Waals surface area contributed by atoms with Crippen LogP contribution in [0.15, 0.2) is 94.5 Å². The fourth-order valence-corrected chi connectivity index (χ4v) is 7.49. The fourth-order valence-electron chi connectivity index (χ4n) is 5.45. The lowest BCUT2D eigenvalue weighted by atomic mass is 10.0. The number of hydrogen-bond acceptors (Lipinski definition) is 7. The number of hydrogen-bond donors (Lipinski definition) is 2. The van der Waals surface area contributed by atoms with Crippen LogP contribution in [0.25, 0.3) is 11.1 Å². The van der Waals surface area contributed by atoms with Crippen LogP contribution >= 0.6 is 11.3 Å². The van der Waals surface area contributed by atoms with Gasteiger partial charge in [0.1, 0.15) is 16.1 Å². The first-order chi connectivity index (χ1) is 21.1. The normalized spacial score (nSPS) is 18.1. The van der Waals surface area contributed by atoms with Gasteiger partial charge in [0.15, 0.2) is 0 Å². The van der Waals surface area contributed by atoms with Gasteiger partial charge in [-0.3, -0.25) is 14.4 Å². The molecule has 1 aliphatic rings. The Morgan fingerprint density at radius 3 is 2.45 bits per heavy atom. The topological polar surface area (TPSA) is 99.2 Å². The number of anilines is 1. The molecule has 0 unspecified atom stereocenters. The zero-order valence-corrected chi connectivity index (χ0v) is 26.9. The molecule has 3 atom stereocenters. The molecule has 0 saturated carbocycles. The molecule has 0 bridgehead atoms. The molecule has 0 fully saturated rings. The van der Waals surface area contributed by atoms with E-state index in [1.165, 1.54) is 16.7 Å². The number of benzene rings is 3. The largest absolute Gasteiger partial charge is 0.488 e. The third kappa shape index (κ3) is 7.68. The summed E-state index contributed by atoms with van der Waals surface area (Å²) in [4.78, 5) is 17.4. The van der Waals surface area contributed by atoms with Crippen LogP contribution in [0.3, 0.4) is 0 Å². The summed E-state index contributed by atoms with van der Waals surface area (Å²) >= 11 is 1.13. The predicted molar refractivity (Wildman–Crippen MR) is 175 cm³/mol. The summed E-state index contributed by atoms with van der Waals surface area (Å²) in [5, 5.41) is 11.6. The standard InChI is InChI=1S/C34H39N3O5S2/c1-24-20-37(25(2)23-38)33(39)19-29-18-30(35-44(40,41)34-10-7-17-43-34)15-16-31(29)42-32(24)22-36(3)21-26-11-13-28(14-12-26)27-8-5-4-6-9-27/h4-18,24-25,32,35,38H,19-23H2,1-3H3/t24-,25-,32+/m1/s1. The van der Waals surface area contributed by atoms with Gasteiger partial charge in [0, 0.05) is 36.8 Å². The second-order valence-electron chi connectivity index (χ2n) is 11.5. The van der Waals surface area contributed by atoms with Gasteiger partial charge < -0.3 is 14.7 Å². The number of carbonyl (C=O) groups is 1. The highest BCUT2D eigenvalue weighted by molar-refractivity contribution is 7.94. The van der Waals surface area contributed by atoms with Crippen molar-refractivity contribution in [2.75, 3.05) is 31.5 Å². The molecule has 0 aliphatic carbocycles. The maximum atomic E-state index is 13.5. The van der Waals surface area contributed by atoms with E-state index in [0.29, 0.717) is 36.6 Å². The molecular weight excluding hydrogens is 595 g/mol. The number of amides is 1. The van der Waals surface area contributed by atoms with Crippen LogP contribution in [0, 0.1) is 5.92 Å². The van der Waals surface area contributed by atoms with E-state index in [1.807, 2.05) is 25.1 Å². The van der Waals surface area contributed by atoms with E-state index in [0.717, 1.165) is 11.3 Å². The maximum absolute atomic E-state index is 13.5. The molecule has 232 valence electrons. The van der Waals surface area contributed by atoms with Crippen molar-refractivity contribution in [3.8, 4) is 16.9 Å². The molecule has 0 saturated heterocycles. The molecule has 1 amide bonds. The summed E-state index contributed by atoms with van der Waals surface area (Å²) in [6.45, 7) is 5.48. The Kier molecular flexibility index (Phi) is 10.1. The van der Waals surface area contributed by atoms with Crippen LogP contribution < -0.4 is 9.46 Å². The van der Waals surface area contributed by atoms with Gasteiger partial charge in [-0.2, -0.15) is 0 Å². The van der Waals surface area contributed by atoms with Crippen LogP contribution in [-0.4, -0.2) is 68.1 Å².